The number of aromatic nitrogens is 2. The van der Waals surface area contributed by atoms with Crippen LogP contribution in [-0.4, -0.2) is 9.97 Å². The third-order valence-corrected chi connectivity index (χ3v) is 23.2. The molecular weight excluding hydrogens is 1230 g/mol. The molecule has 0 bridgehead atoms. The Morgan fingerprint density at radius 1 is 0.176 bits per heavy atom. The highest BCUT2D eigenvalue weighted by atomic mass is 14.8. The molecule has 0 atom stereocenters. The molecule has 0 aliphatic heterocycles. The normalized spacial score (nSPS) is 13.5. The van der Waals surface area contributed by atoms with Crippen molar-refractivity contribution in [3.05, 3.63) is 409 Å². The summed E-state index contributed by atoms with van der Waals surface area (Å²) in [6, 6.07) is 135. The fourth-order valence-corrected chi connectivity index (χ4v) is 19.2. The number of nitrogens with zero attached hydrogens (tertiary/aromatic N) is 2. The van der Waals surface area contributed by atoms with E-state index in [9.17, 15) is 0 Å². The molecule has 2 heteroatoms. The van der Waals surface area contributed by atoms with Gasteiger partial charge in [-0.3, -0.25) is 4.98 Å². The van der Waals surface area contributed by atoms with Crippen LogP contribution < -0.4 is 0 Å². The average molecular weight is 1290 g/mol. The maximum absolute atomic E-state index is 5.86. The molecule has 2 nitrogen and oxygen atoms in total. The van der Waals surface area contributed by atoms with E-state index < -0.39 is 10.8 Å². The van der Waals surface area contributed by atoms with E-state index in [-0.39, 0.29) is 0 Å². The summed E-state index contributed by atoms with van der Waals surface area (Å²) >= 11 is 0. The lowest BCUT2D eigenvalue weighted by Crippen LogP contribution is -2.26. The van der Waals surface area contributed by atoms with E-state index in [0.29, 0.717) is 0 Å². The lowest BCUT2D eigenvalue weighted by molar-refractivity contribution is 0.794. The second-order valence-corrected chi connectivity index (χ2v) is 27.9. The van der Waals surface area contributed by atoms with Gasteiger partial charge in [0.15, 0.2) is 0 Å². The smallest absolute Gasteiger partial charge is 0.0894 e. The molecule has 0 amide bonds. The van der Waals surface area contributed by atoms with Crippen molar-refractivity contribution in [2.45, 2.75) is 10.8 Å². The van der Waals surface area contributed by atoms with Crippen LogP contribution in [0.1, 0.15) is 44.5 Å². The Kier molecular flexibility index (Phi) is 12.1. The van der Waals surface area contributed by atoms with Crippen LogP contribution in [-0.2, 0) is 10.8 Å². The SMILES string of the molecule is c1ccc(-c2c3ccccc3c(-c3ccc4c(c3)C3(c5ccccc5-c5ccccc53)c3cc(-c5ccc(-c6ccccn6)nc5-c5ccc6c(c5)C5(c7ccccc7-c7ccccc75)c5cc(-c7c8ccccc8c(-c8ccccc8)c8ccccc78)ccc5-6)ccc3-4)c3ccccc23)cc1. The van der Waals surface area contributed by atoms with E-state index in [1.807, 2.05) is 12.3 Å². The average Bonchev–Trinajstić information content (AvgIpc) is 1.52. The second-order valence-electron chi connectivity index (χ2n) is 27.9. The molecule has 2 heterocycles. The first-order valence-electron chi connectivity index (χ1n) is 35.5. The van der Waals surface area contributed by atoms with Crippen molar-refractivity contribution >= 4 is 43.1 Å². The molecule has 2 aromatic heterocycles. The molecule has 102 heavy (non-hydrogen) atoms. The van der Waals surface area contributed by atoms with Gasteiger partial charge in [-0.25, -0.2) is 4.98 Å². The van der Waals surface area contributed by atoms with Gasteiger partial charge in [-0.2, -0.15) is 0 Å². The number of fused-ring (bicyclic) bond motifs is 24. The number of benzene rings is 16. The van der Waals surface area contributed by atoms with Gasteiger partial charge in [-0.15, -0.1) is 0 Å². The Morgan fingerprint density at radius 2 is 0.461 bits per heavy atom. The Bertz CT molecular complexity index is 6420. The topological polar surface area (TPSA) is 25.8 Å². The van der Waals surface area contributed by atoms with Gasteiger partial charge >= 0.3 is 0 Å². The van der Waals surface area contributed by atoms with Crippen molar-refractivity contribution in [3.8, 4) is 123 Å². The third kappa shape index (κ3) is 7.73. The predicted molar refractivity (Wildman–Crippen MR) is 423 cm³/mol. The van der Waals surface area contributed by atoms with Crippen molar-refractivity contribution in [3.63, 3.8) is 0 Å². The monoisotopic (exact) mass is 1290 g/mol. The van der Waals surface area contributed by atoms with Crippen LogP contribution in [0.15, 0.2) is 364 Å². The van der Waals surface area contributed by atoms with E-state index >= 15 is 0 Å². The molecule has 0 saturated heterocycles. The number of hydrogen-bond donors (Lipinski definition) is 0. The largest absolute Gasteiger partial charge is 0.255 e. The number of rotatable bonds is 7. The van der Waals surface area contributed by atoms with E-state index in [0.717, 1.165) is 33.8 Å². The predicted octanol–water partition coefficient (Wildman–Crippen LogP) is 25.4. The van der Waals surface area contributed by atoms with Crippen LogP contribution in [0.25, 0.3) is 166 Å². The quantitative estimate of drug-likeness (QED) is 0.149. The highest BCUT2D eigenvalue weighted by Crippen LogP contribution is 2.66. The molecule has 4 aliphatic carbocycles. The maximum atomic E-state index is 5.86. The summed E-state index contributed by atoms with van der Waals surface area (Å²) in [5.74, 6) is 0. The van der Waals surface area contributed by atoms with Gasteiger partial charge < -0.3 is 0 Å². The molecule has 18 aromatic rings. The summed E-state index contributed by atoms with van der Waals surface area (Å²) in [5, 5.41) is 9.93. The third-order valence-electron chi connectivity index (χ3n) is 23.2. The van der Waals surface area contributed by atoms with E-state index in [1.54, 1.807) is 0 Å². The maximum Gasteiger partial charge on any atom is 0.0894 e. The highest BCUT2D eigenvalue weighted by molar-refractivity contribution is 6.23. The van der Waals surface area contributed by atoms with Crippen LogP contribution in [0.2, 0.25) is 0 Å². The lowest BCUT2D eigenvalue weighted by atomic mass is 9.69. The standard InChI is InChI=1S/C100H60N2/c1-3-25-61(26-4-1)94-76-33-7-11-37-80(76)96(81-38-12-8-34-77(81)94)64-47-51-73-72-50-46-63(57-88(72)99(89(73)58-64)84-41-19-15-29-68(84)69-30-16-20-42-85(69)99)67-54-55-93(92-45-23-24-56-101-92)102-98(67)66-49-53-75-74-52-48-65(59-90(74)100(91(75)60-66)86-43-21-17-31-70(86)71-32-18-22-44-87(71)100)97-82-39-13-9-35-78(82)95(62-27-5-2-6-28-62)79-36-10-14-40-83(79)97/h1-60H. The van der Waals surface area contributed by atoms with Crippen molar-refractivity contribution < 1.29 is 0 Å². The lowest BCUT2D eigenvalue weighted by Gasteiger charge is -2.31. The van der Waals surface area contributed by atoms with Crippen LogP contribution in [0.4, 0.5) is 0 Å². The summed E-state index contributed by atoms with van der Waals surface area (Å²) < 4.78 is 0. The summed E-state index contributed by atoms with van der Waals surface area (Å²) in [4.78, 5) is 10.8. The van der Waals surface area contributed by atoms with Gasteiger partial charge in [0.25, 0.3) is 0 Å². The first kappa shape index (κ1) is 56.8. The molecule has 4 aliphatic rings. The van der Waals surface area contributed by atoms with Crippen molar-refractivity contribution in [2.24, 2.45) is 0 Å². The van der Waals surface area contributed by atoms with Crippen molar-refractivity contribution in [2.75, 3.05) is 0 Å². The second kappa shape index (κ2) is 21.7. The first-order chi connectivity index (χ1) is 50.6. The van der Waals surface area contributed by atoms with Crippen molar-refractivity contribution in [1.29, 1.82) is 0 Å². The molecule has 0 saturated carbocycles. The Hall–Kier alpha value is -13.1. The van der Waals surface area contributed by atoms with Gasteiger partial charge in [0.05, 0.1) is 27.9 Å². The minimum absolute atomic E-state index is 0.655. The first-order valence-corrected chi connectivity index (χ1v) is 35.5. The van der Waals surface area contributed by atoms with Gasteiger partial charge in [0, 0.05) is 17.3 Å². The van der Waals surface area contributed by atoms with Gasteiger partial charge in [-0.1, -0.05) is 309 Å². The highest BCUT2D eigenvalue weighted by Gasteiger charge is 2.54. The summed E-state index contributed by atoms with van der Waals surface area (Å²) in [5.41, 5.74) is 34.6. The van der Waals surface area contributed by atoms with Crippen molar-refractivity contribution in [1.82, 2.24) is 9.97 Å². The van der Waals surface area contributed by atoms with Crippen LogP contribution >= 0.6 is 0 Å². The summed E-state index contributed by atoms with van der Waals surface area (Å²) in [7, 11) is 0. The minimum atomic E-state index is -0.672. The zero-order valence-electron chi connectivity index (χ0n) is 55.5. The van der Waals surface area contributed by atoms with E-state index in [2.05, 4.69) is 352 Å². The van der Waals surface area contributed by atoms with Crippen LogP contribution in [0.3, 0.4) is 0 Å². The molecule has 0 radical (unpaired) electrons. The van der Waals surface area contributed by atoms with Crippen LogP contribution in [0, 0.1) is 0 Å². The zero-order chi connectivity index (χ0) is 66.8. The Morgan fingerprint density at radius 3 is 0.833 bits per heavy atom. The minimum Gasteiger partial charge on any atom is -0.255 e. The van der Waals surface area contributed by atoms with Gasteiger partial charge in [-0.05, 0) is 231 Å². The van der Waals surface area contributed by atoms with E-state index in [1.165, 1.54) is 177 Å². The van der Waals surface area contributed by atoms with Gasteiger partial charge in [0.2, 0.25) is 0 Å². The molecule has 0 fully saturated rings. The van der Waals surface area contributed by atoms with Gasteiger partial charge in [0.1, 0.15) is 0 Å². The number of pyridine rings is 2. The molecule has 2 spiro atoms. The zero-order valence-corrected chi connectivity index (χ0v) is 55.5. The molecule has 470 valence electrons. The fourth-order valence-electron chi connectivity index (χ4n) is 19.2. The molecular formula is C100H60N2. The van der Waals surface area contributed by atoms with E-state index in [4.69, 9.17) is 9.97 Å². The Labute approximate surface area is 591 Å². The molecule has 22 rings (SSSR count). The Balaban J connectivity index is 0.763. The molecule has 0 unspecified atom stereocenters. The summed E-state index contributed by atoms with van der Waals surface area (Å²) in [6.07, 6.45) is 1.87. The van der Waals surface area contributed by atoms with Crippen LogP contribution in [0.5, 0.6) is 0 Å². The fraction of sp³-hybridized carbons (Fsp3) is 0.0200. The molecule has 16 aromatic carbocycles. The summed E-state index contributed by atoms with van der Waals surface area (Å²) in [6.45, 7) is 0. The molecule has 0 N–H and O–H groups in total. The number of hydrogen-bond acceptors (Lipinski definition) is 2.